The molecule has 108 valence electrons. The third-order valence-corrected chi connectivity index (χ3v) is 4.00. The molecule has 0 radical (unpaired) electrons. The number of likely N-dealkylation sites (tertiary alicyclic amines) is 1. The predicted molar refractivity (Wildman–Crippen MR) is 78.8 cm³/mol. The number of aromatic nitrogens is 1. The van der Waals surface area contributed by atoms with Crippen LogP contribution in [0, 0.1) is 0 Å². The Kier molecular flexibility index (Phi) is 5.40. The van der Waals surface area contributed by atoms with Crippen molar-refractivity contribution >= 4 is 23.6 Å². The first-order valence-corrected chi connectivity index (χ1v) is 8.00. The first-order valence-electron chi connectivity index (χ1n) is 6.77. The summed E-state index contributed by atoms with van der Waals surface area (Å²) in [7, 11) is 0. The van der Waals surface area contributed by atoms with Crippen molar-refractivity contribution < 1.29 is 9.59 Å². The Balaban J connectivity index is 1.81. The monoisotopic (exact) mass is 293 g/mol. The van der Waals surface area contributed by atoms with Crippen molar-refractivity contribution in [1.82, 2.24) is 15.2 Å². The van der Waals surface area contributed by atoms with Crippen molar-refractivity contribution in [2.75, 3.05) is 25.9 Å². The maximum absolute atomic E-state index is 12.0. The van der Waals surface area contributed by atoms with E-state index in [1.54, 1.807) is 18.3 Å². The fourth-order valence-corrected chi connectivity index (χ4v) is 2.78. The summed E-state index contributed by atoms with van der Waals surface area (Å²) in [5.74, 6) is -0.0456. The molecule has 1 N–H and O–H groups in total. The number of nitrogens with zero attached hydrogens (tertiary/aromatic N) is 2. The van der Waals surface area contributed by atoms with Crippen LogP contribution in [0.4, 0.5) is 0 Å². The molecule has 0 aliphatic carbocycles. The van der Waals surface area contributed by atoms with Crippen molar-refractivity contribution in [2.24, 2.45) is 0 Å². The molecule has 20 heavy (non-hydrogen) atoms. The average Bonchev–Trinajstić information content (AvgIpc) is 3.01. The molecule has 2 amide bonds. The fraction of sp³-hybridized carbons (Fsp3) is 0.500. The highest BCUT2D eigenvalue weighted by molar-refractivity contribution is 7.98. The van der Waals surface area contributed by atoms with Crippen molar-refractivity contribution in [3.63, 3.8) is 0 Å². The molecule has 0 atom stereocenters. The SMILES string of the molecule is CSc1ncccc1C(=O)NCCC(=O)N1CCCC1. The van der Waals surface area contributed by atoms with Crippen LogP contribution in [-0.2, 0) is 4.79 Å². The molecule has 1 aliphatic rings. The zero-order chi connectivity index (χ0) is 14.4. The van der Waals surface area contributed by atoms with E-state index in [4.69, 9.17) is 0 Å². The lowest BCUT2D eigenvalue weighted by Crippen LogP contribution is -2.32. The number of hydrogen-bond donors (Lipinski definition) is 1. The van der Waals surface area contributed by atoms with Gasteiger partial charge in [0.1, 0.15) is 5.03 Å². The van der Waals surface area contributed by atoms with Gasteiger partial charge in [0, 0.05) is 32.3 Å². The van der Waals surface area contributed by atoms with Gasteiger partial charge in [-0.3, -0.25) is 9.59 Å². The minimum absolute atomic E-state index is 0.124. The summed E-state index contributed by atoms with van der Waals surface area (Å²) in [6.07, 6.45) is 6.09. The second-order valence-electron chi connectivity index (χ2n) is 4.65. The van der Waals surface area contributed by atoms with Crippen LogP contribution in [0.2, 0.25) is 0 Å². The summed E-state index contributed by atoms with van der Waals surface area (Å²) in [6.45, 7) is 2.08. The lowest BCUT2D eigenvalue weighted by atomic mass is 10.2. The summed E-state index contributed by atoms with van der Waals surface area (Å²) in [5.41, 5.74) is 0.564. The van der Waals surface area contributed by atoms with Gasteiger partial charge in [0.2, 0.25) is 5.91 Å². The van der Waals surface area contributed by atoms with E-state index < -0.39 is 0 Å². The lowest BCUT2D eigenvalue weighted by Gasteiger charge is -2.15. The lowest BCUT2D eigenvalue weighted by molar-refractivity contribution is -0.129. The van der Waals surface area contributed by atoms with Gasteiger partial charge in [-0.2, -0.15) is 0 Å². The topological polar surface area (TPSA) is 62.3 Å². The molecule has 1 fully saturated rings. The third-order valence-electron chi connectivity index (χ3n) is 3.29. The van der Waals surface area contributed by atoms with E-state index in [9.17, 15) is 9.59 Å². The van der Waals surface area contributed by atoms with Crippen LogP contribution in [0.3, 0.4) is 0 Å². The molecule has 0 unspecified atom stereocenters. The highest BCUT2D eigenvalue weighted by Crippen LogP contribution is 2.16. The van der Waals surface area contributed by atoms with Crippen LogP contribution in [-0.4, -0.2) is 47.6 Å². The molecule has 2 rings (SSSR count). The Morgan fingerprint density at radius 3 is 2.85 bits per heavy atom. The van der Waals surface area contributed by atoms with Gasteiger partial charge in [-0.05, 0) is 31.2 Å². The summed E-state index contributed by atoms with van der Waals surface area (Å²) in [4.78, 5) is 29.9. The number of nitrogens with one attached hydrogen (secondary N) is 1. The van der Waals surface area contributed by atoms with Gasteiger partial charge in [0.05, 0.1) is 5.56 Å². The van der Waals surface area contributed by atoms with E-state index in [-0.39, 0.29) is 11.8 Å². The van der Waals surface area contributed by atoms with Gasteiger partial charge in [-0.25, -0.2) is 4.98 Å². The molecular weight excluding hydrogens is 274 g/mol. The minimum atomic E-state index is -0.170. The molecule has 5 nitrogen and oxygen atoms in total. The van der Waals surface area contributed by atoms with E-state index in [1.807, 2.05) is 11.2 Å². The molecule has 1 aromatic heterocycles. The number of pyridine rings is 1. The number of thioether (sulfide) groups is 1. The maximum atomic E-state index is 12.0. The van der Waals surface area contributed by atoms with Crippen LogP contribution < -0.4 is 5.32 Å². The third kappa shape index (κ3) is 3.72. The number of carbonyl (C=O) groups is 2. The average molecular weight is 293 g/mol. The van der Waals surface area contributed by atoms with E-state index >= 15 is 0 Å². The summed E-state index contributed by atoms with van der Waals surface area (Å²) < 4.78 is 0. The van der Waals surface area contributed by atoms with Crippen LogP contribution in [0.1, 0.15) is 29.6 Å². The van der Waals surface area contributed by atoms with Crippen LogP contribution in [0.15, 0.2) is 23.4 Å². The molecular formula is C14H19N3O2S. The Labute approximate surface area is 123 Å². The quantitative estimate of drug-likeness (QED) is 0.837. The zero-order valence-electron chi connectivity index (χ0n) is 11.6. The smallest absolute Gasteiger partial charge is 0.254 e. The molecule has 0 bridgehead atoms. The molecule has 1 saturated heterocycles. The Morgan fingerprint density at radius 2 is 2.15 bits per heavy atom. The summed E-state index contributed by atoms with van der Waals surface area (Å²) in [6, 6.07) is 3.49. The minimum Gasteiger partial charge on any atom is -0.351 e. The maximum Gasteiger partial charge on any atom is 0.254 e. The molecule has 1 aromatic rings. The number of rotatable bonds is 5. The molecule has 0 saturated carbocycles. The molecule has 2 heterocycles. The Bertz CT molecular complexity index is 487. The Hall–Kier alpha value is -1.56. The number of carbonyl (C=O) groups excluding carboxylic acids is 2. The predicted octanol–water partition coefficient (Wildman–Crippen LogP) is 1.55. The fourth-order valence-electron chi connectivity index (χ4n) is 2.23. The summed E-state index contributed by atoms with van der Waals surface area (Å²) in [5, 5.41) is 3.49. The van der Waals surface area contributed by atoms with Gasteiger partial charge in [-0.15, -0.1) is 11.8 Å². The standard InChI is InChI=1S/C14H19N3O2S/c1-20-14-11(5-4-7-16-14)13(19)15-8-6-12(18)17-9-2-3-10-17/h4-5,7H,2-3,6,8-10H2,1H3,(H,15,19). The normalized spacial score (nSPS) is 14.3. The van der Waals surface area contributed by atoms with Crippen molar-refractivity contribution in [3.05, 3.63) is 23.9 Å². The van der Waals surface area contributed by atoms with Gasteiger partial charge >= 0.3 is 0 Å². The molecule has 0 aromatic carbocycles. The Morgan fingerprint density at radius 1 is 1.40 bits per heavy atom. The van der Waals surface area contributed by atoms with Crippen molar-refractivity contribution in [2.45, 2.75) is 24.3 Å². The highest BCUT2D eigenvalue weighted by atomic mass is 32.2. The first kappa shape index (κ1) is 14.8. The van der Waals surface area contributed by atoms with Gasteiger partial charge in [0.15, 0.2) is 0 Å². The second kappa shape index (κ2) is 7.28. The van der Waals surface area contributed by atoms with Gasteiger partial charge in [0.25, 0.3) is 5.91 Å². The molecule has 1 aliphatic heterocycles. The number of hydrogen-bond acceptors (Lipinski definition) is 4. The molecule has 6 heteroatoms. The summed E-state index contributed by atoms with van der Waals surface area (Å²) >= 11 is 1.44. The van der Waals surface area contributed by atoms with E-state index in [1.165, 1.54) is 11.8 Å². The molecule has 0 spiro atoms. The van der Waals surface area contributed by atoms with Crippen LogP contribution in [0.5, 0.6) is 0 Å². The van der Waals surface area contributed by atoms with Crippen molar-refractivity contribution in [1.29, 1.82) is 0 Å². The van der Waals surface area contributed by atoms with E-state index in [0.29, 0.717) is 23.6 Å². The van der Waals surface area contributed by atoms with Gasteiger partial charge < -0.3 is 10.2 Å². The van der Waals surface area contributed by atoms with Gasteiger partial charge in [-0.1, -0.05) is 0 Å². The van der Waals surface area contributed by atoms with E-state index in [0.717, 1.165) is 25.9 Å². The van der Waals surface area contributed by atoms with Crippen molar-refractivity contribution in [3.8, 4) is 0 Å². The largest absolute Gasteiger partial charge is 0.351 e. The van der Waals surface area contributed by atoms with Crippen LogP contribution in [0.25, 0.3) is 0 Å². The number of amides is 2. The highest BCUT2D eigenvalue weighted by Gasteiger charge is 2.18. The van der Waals surface area contributed by atoms with E-state index in [2.05, 4.69) is 10.3 Å². The first-order chi connectivity index (χ1) is 9.72. The van der Waals surface area contributed by atoms with Crippen LogP contribution >= 0.6 is 11.8 Å². The second-order valence-corrected chi connectivity index (χ2v) is 5.45. The zero-order valence-corrected chi connectivity index (χ0v) is 12.4.